The summed E-state index contributed by atoms with van der Waals surface area (Å²) in [6.45, 7) is 14.0. The van der Waals surface area contributed by atoms with Crippen molar-refractivity contribution in [2.45, 2.75) is 27.7 Å². The second kappa shape index (κ2) is 4.94. The SMILES string of the molecule is C/C(=C\C(C)(C)C)CN1CCOCC1. The van der Waals surface area contributed by atoms with E-state index >= 15 is 0 Å². The molecular weight excluding hydrogens is 174 g/mol. The maximum atomic E-state index is 5.32. The fourth-order valence-corrected chi connectivity index (χ4v) is 1.90. The summed E-state index contributed by atoms with van der Waals surface area (Å²) in [5, 5.41) is 0. The van der Waals surface area contributed by atoms with Gasteiger partial charge in [0.05, 0.1) is 13.2 Å². The number of ether oxygens (including phenoxy) is 1. The maximum absolute atomic E-state index is 5.32. The fourth-order valence-electron chi connectivity index (χ4n) is 1.90. The Labute approximate surface area is 87.9 Å². The summed E-state index contributed by atoms with van der Waals surface area (Å²) < 4.78 is 5.32. The first-order chi connectivity index (χ1) is 6.47. The van der Waals surface area contributed by atoms with E-state index in [1.165, 1.54) is 5.57 Å². The highest BCUT2D eigenvalue weighted by atomic mass is 16.5. The van der Waals surface area contributed by atoms with E-state index in [4.69, 9.17) is 4.74 Å². The van der Waals surface area contributed by atoms with Gasteiger partial charge in [0.15, 0.2) is 0 Å². The number of hydrogen-bond donors (Lipinski definition) is 0. The van der Waals surface area contributed by atoms with Crippen LogP contribution in [0.25, 0.3) is 0 Å². The van der Waals surface area contributed by atoms with E-state index in [0.717, 1.165) is 32.8 Å². The van der Waals surface area contributed by atoms with Gasteiger partial charge in [0.1, 0.15) is 0 Å². The van der Waals surface area contributed by atoms with Crippen molar-refractivity contribution in [3.63, 3.8) is 0 Å². The van der Waals surface area contributed by atoms with Crippen molar-refractivity contribution in [1.82, 2.24) is 4.90 Å². The molecule has 0 aliphatic carbocycles. The Kier molecular flexibility index (Phi) is 4.14. The topological polar surface area (TPSA) is 12.5 Å². The van der Waals surface area contributed by atoms with Crippen molar-refractivity contribution in [3.05, 3.63) is 11.6 Å². The molecule has 0 aromatic carbocycles. The van der Waals surface area contributed by atoms with Crippen LogP contribution in [0.4, 0.5) is 0 Å². The smallest absolute Gasteiger partial charge is 0.0594 e. The van der Waals surface area contributed by atoms with E-state index in [1.807, 2.05) is 0 Å². The molecule has 0 unspecified atom stereocenters. The first-order valence-electron chi connectivity index (χ1n) is 5.46. The lowest BCUT2D eigenvalue weighted by Gasteiger charge is -2.27. The van der Waals surface area contributed by atoms with Gasteiger partial charge in [-0.25, -0.2) is 0 Å². The first kappa shape index (κ1) is 11.7. The highest BCUT2D eigenvalue weighted by molar-refractivity contribution is 5.06. The third-order valence-corrected chi connectivity index (χ3v) is 2.26. The maximum Gasteiger partial charge on any atom is 0.0594 e. The van der Waals surface area contributed by atoms with E-state index in [0.29, 0.717) is 5.41 Å². The van der Waals surface area contributed by atoms with Gasteiger partial charge in [-0.3, -0.25) is 4.90 Å². The van der Waals surface area contributed by atoms with Crippen molar-refractivity contribution in [2.24, 2.45) is 5.41 Å². The average Bonchev–Trinajstić information content (AvgIpc) is 2.02. The van der Waals surface area contributed by atoms with Crippen LogP contribution in [0.2, 0.25) is 0 Å². The van der Waals surface area contributed by atoms with Crippen LogP contribution in [0.1, 0.15) is 27.7 Å². The van der Waals surface area contributed by atoms with Crippen LogP contribution in [-0.2, 0) is 4.74 Å². The van der Waals surface area contributed by atoms with Gasteiger partial charge in [0.25, 0.3) is 0 Å². The normalized spacial score (nSPS) is 21.3. The molecule has 82 valence electrons. The van der Waals surface area contributed by atoms with Crippen molar-refractivity contribution in [2.75, 3.05) is 32.8 Å². The lowest BCUT2D eigenvalue weighted by Crippen LogP contribution is -2.37. The van der Waals surface area contributed by atoms with E-state index in [9.17, 15) is 0 Å². The van der Waals surface area contributed by atoms with Gasteiger partial charge in [-0.1, -0.05) is 32.4 Å². The number of rotatable bonds is 2. The molecule has 1 rings (SSSR count). The lowest BCUT2D eigenvalue weighted by molar-refractivity contribution is 0.0422. The van der Waals surface area contributed by atoms with Gasteiger partial charge in [-0.15, -0.1) is 0 Å². The summed E-state index contributed by atoms with van der Waals surface area (Å²) in [6, 6.07) is 0. The predicted molar refractivity (Wildman–Crippen MR) is 60.5 cm³/mol. The average molecular weight is 197 g/mol. The fraction of sp³-hybridized carbons (Fsp3) is 0.833. The molecule has 14 heavy (non-hydrogen) atoms. The Morgan fingerprint density at radius 1 is 1.29 bits per heavy atom. The second-order valence-electron chi connectivity index (χ2n) is 5.25. The van der Waals surface area contributed by atoms with Crippen LogP contribution in [0.3, 0.4) is 0 Å². The molecule has 2 heteroatoms. The number of nitrogens with zero attached hydrogens (tertiary/aromatic N) is 1. The molecule has 0 aromatic rings. The zero-order chi connectivity index (χ0) is 10.6. The third-order valence-electron chi connectivity index (χ3n) is 2.26. The van der Waals surface area contributed by atoms with Crippen molar-refractivity contribution < 1.29 is 4.74 Å². The van der Waals surface area contributed by atoms with Crippen LogP contribution >= 0.6 is 0 Å². The lowest BCUT2D eigenvalue weighted by atomic mass is 9.94. The summed E-state index contributed by atoms with van der Waals surface area (Å²) in [4.78, 5) is 2.46. The zero-order valence-electron chi connectivity index (χ0n) is 9.97. The molecule has 1 aliphatic heterocycles. The minimum absolute atomic E-state index is 0.302. The van der Waals surface area contributed by atoms with Crippen LogP contribution in [0.15, 0.2) is 11.6 Å². The summed E-state index contributed by atoms with van der Waals surface area (Å²) in [5.74, 6) is 0. The Morgan fingerprint density at radius 3 is 2.36 bits per heavy atom. The molecule has 0 atom stereocenters. The molecule has 0 spiro atoms. The van der Waals surface area contributed by atoms with Crippen LogP contribution in [0.5, 0.6) is 0 Å². The van der Waals surface area contributed by atoms with E-state index < -0.39 is 0 Å². The minimum Gasteiger partial charge on any atom is -0.379 e. The molecule has 0 N–H and O–H groups in total. The standard InChI is InChI=1S/C12H23NO/c1-11(9-12(2,3)4)10-13-5-7-14-8-6-13/h9H,5-8,10H2,1-4H3/b11-9+. The Balaban J connectivity index is 2.39. The molecule has 0 aromatic heterocycles. The summed E-state index contributed by atoms with van der Waals surface area (Å²) >= 11 is 0. The Morgan fingerprint density at radius 2 is 1.86 bits per heavy atom. The molecule has 1 aliphatic rings. The second-order valence-corrected chi connectivity index (χ2v) is 5.25. The van der Waals surface area contributed by atoms with Crippen LogP contribution in [0, 0.1) is 5.41 Å². The number of allylic oxidation sites excluding steroid dienone is 1. The molecule has 1 fully saturated rings. The van der Waals surface area contributed by atoms with Crippen molar-refractivity contribution in [3.8, 4) is 0 Å². The van der Waals surface area contributed by atoms with Gasteiger partial charge in [0.2, 0.25) is 0 Å². The molecule has 1 heterocycles. The van der Waals surface area contributed by atoms with Gasteiger partial charge in [-0.05, 0) is 12.3 Å². The number of morpholine rings is 1. The van der Waals surface area contributed by atoms with Gasteiger partial charge >= 0.3 is 0 Å². The monoisotopic (exact) mass is 197 g/mol. The van der Waals surface area contributed by atoms with E-state index in [-0.39, 0.29) is 0 Å². The quantitative estimate of drug-likeness (QED) is 0.630. The summed E-state index contributed by atoms with van der Waals surface area (Å²) in [5.41, 5.74) is 1.77. The van der Waals surface area contributed by atoms with Gasteiger partial charge in [-0.2, -0.15) is 0 Å². The van der Waals surface area contributed by atoms with E-state index in [2.05, 4.69) is 38.7 Å². The van der Waals surface area contributed by atoms with Gasteiger partial charge < -0.3 is 4.74 Å². The molecule has 2 nitrogen and oxygen atoms in total. The molecule has 0 radical (unpaired) electrons. The number of hydrogen-bond acceptors (Lipinski definition) is 2. The van der Waals surface area contributed by atoms with Crippen LogP contribution < -0.4 is 0 Å². The van der Waals surface area contributed by atoms with Crippen molar-refractivity contribution >= 4 is 0 Å². The molecule has 0 saturated carbocycles. The third kappa shape index (κ3) is 4.77. The molecule has 1 saturated heterocycles. The van der Waals surface area contributed by atoms with Crippen molar-refractivity contribution in [1.29, 1.82) is 0 Å². The molecule has 0 bridgehead atoms. The largest absolute Gasteiger partial charge is 0.379 e. The predicted octanol–water partition coefficient (Wildman–Crippen LogP) is 2.31. The Hall–Kier alpha value is -0.340. The molecule has 0 amide bonds. The Bertz CT molecular complexity index is 197. The van der Waals surface area contributed by atoms with E-state index in [1.54, 1.807) is 0 Å². The highest BCUT2D eigenvalue weighted by Crippen LogP contribution is 2.17. The highest BCUT2D eigenvalue weighted by Gasteiger charge is 2.12. The summed E-state index contributed by atoms with van der Waals surface area (Å²) in [7, 11) is 0. The van der Waals surface area contributed by atoms with Gasteiger partial charge in [0, 0.05) is 19.6 Å². The molecular formula is C12H23NO. The first-order valence-corrected chi connectivity index (χ1v) is 5.46. The minimum atomic E-state index is 0.302. The summed E-state index contributed by atoms with van der Waals surface area (Å²) in [6.07, 6.45) is 2.36. The zero-order valence-corrected chi connectivity index (χ0v) is 9.97. The van der Waals surface area contributed by atoms with Crippen LogP contribution in [-0.4, -0.2) is 37.7 Å².